The van der Waals surface area contributed by atoms with Crippen molar-refractivity contribution < 1.29 is 14.3 Å². The Morgan fingerprint density at radius 1 is 1.20 bits per heavy atom. The molecular formula is C17H27ClN4O3. The molecular weight excluding hydrogens is 344 g/mol. The van der Waals surface area contributed by atoms with Gasteiger partial charge in [-0.2, -0.15) is 0 Å². The van der Waals surface area contributed by atoms with E-state index in [4.69, 9.17) is 10.5 Å². The molecule has 0 unspecified atom stereocenters. The predicted molar refractivity (Wildman–Crippen MR) is 99.3 cm³/mol. The Morgan fingerprint density at radius 2 is 1.88 bits per heavy atom. The first-order valence-corrected chi connectivity index (χ1v) is 8.37. The monoisotopic (exact) mass is 370 g/mol. The molecule has 2 rings (SSSR count). The normalized spacial score (nSPS) is 14.4. The summed E-state index contributed by atoms with van der Waals surface area (Å²) in [6.07, 6.45) is 1.27. The number of nitrogens with zero attached hydrogens (tertiary/aromatic N) is 1. The first-order chi connectivity index (χ1) is 11.6. The number of hydrogen-bond acceptors (Lipinski definition) is 5. The van der Waals surface area contributed by atoms with Crippen LogP contribution in [0.4, 0.5) is 0 Å². The number of carbonyl (C=O) groups excluding carboxylic acids is 2. The second-order valence-corrected chi connectivity index (χ2v) is 5.78. The standard InChI is InChI=1S/C17H26N4O3.ClH/c18-17(23)14-2-4-15(5-3-14)24-13-6-16(22)20-7-1-10-21-11-8-19-9-12-21;/h2-5,19H,1,6-13H2,(H2,18,23)(H,20,22);1H. The van der Waals surface area contributed by atoms with Crippen LogP contribution in [0.2, 0.25) is 0 Å². The number of hydrogen-bond donors (Lipinski definition) is 3. The number of nitrogens with one attached hydrogen (secondary N) is 2. The lowest BCUT2D eigenvalue weighted by atomic mass is 10.2. The lowest BCUT2D eigenvalue weighted by Gasteiger charge is -2.27. The van der Waals surface area contributed by atoms with Gasteiger partial charge in [0.25, 0.3) is 0 Å². The zero-order chi connectivity index (χ0) is 17.2. The van der Waals surface area contributed by atoms with E-state index in [0.717, 1.165) is 39.1 Å². The van der Waals surface area contributed by atoms with Crippen molar-refractivity contribution in [2.75, 3.05) is 45.9 Å². The van der Waals surface area contributed by atoms with Gasteiger partial charge in [0, 0.05) is 38.3 Å². The van der Waals surface area contributed by atoms with E-state index in [-0.39, 0.29) is 18.3 Å². The molecule has 2 amide bonds. The number of rotatable bonds is 9. The molecule has 7 nitrogen and oxygen atoms in total. The van der Waals surface area contributed by atoms with Gasteiger partial charge in [-0.1, -0.05) is 0 Å². The molecule has 0 spiro atoms. The van der Waals surface area contributed by atoms with Crippen LogP contribution >= 0.6 is 12.4 Å². The van der Waals surface area contributed by atoms with E-state index in [9.17, 15) is 9.59 Å². The Morgan fingerprint density at radius 3 is 2.52 bits per heavy atom. The van der Waals surface area contributed by atoms with Gasteiger partial charge >= 0.3 is 0 Å². The SMILES string of the molecule is Cl.NC(=O)c1ccc(OCCC(=O)NCCCN2CCNCC2)cc1. The van der Waals surface area contributed by atoms with Crippen molar-refractivity contribution in [3.63, 3.8) is 0 Å². The summed E-state index contributed by atoms with van der Waals surface area (Å²) in [5.41, 5.74) is 5.61. The van der Waals surface area contributed by atoms with Gasteiger partial charge in [0.05, 0.1) is 13.0 Å². The Labute approximate surface area is 154 Å². The van der Waals surface area contributed by atoms with Crippen molar-refractivity contribution in [1.82, 2.24) is 15.5 Å². The van der Waals surface area contributed by atoms with Crippen LogP contribution in [0.25, 0.3) is 0 Å². The van der Waals surface area contributed by atoms with Gasteiger partial charge in [0.2, 0.25) is 11.8 Å². The molecule has 25 heavy (non-hydrogen) atoms. The lowest BCUT2D eigenvalue weighted by Crippen LogP contribution is -2.44. The maximum atomic E-state index is 11.8. The number of halogens is 1. The molecule has 0 atom stereocenters. The highest BCUT2D eigenvalue weighted by molar-refractivity contribution is 5.92. The molecule has 1 fully saturated rings. The number of ether oxygens (including phenoxy) is 1. The summed E-state index contributed by atoms with van der Waals surface area (Å²) in [5, 5.41) is 6.23. The van der Waals surface area contributed by atoms with Crippen molar-refractivity contribution >= 4 is 24.2 Å². The number of primary amides is 1. The second-order valence-electron chi connectivity index (χ2n) is 5.78. The minimum atomic E-state index is -0.471. The summed E-state index contributed by atoms with van der Waals surface area (Å²) in [7, 11) is 0. The van der Waals surface area contributed by atoms with Gasteiger partial charge in [0.15, 0.2) is 0 Å². The number of benzene rings is 1. The summed E-state index contributed by atoms with van der Waals surface area (Å²) in [6.45, 7) is 6.27. The maximum Gasteiger partial charge on any atom is 0.248 e. The average molecular weight is 371 g/mol. The first-order valence-electron chi connectivity index (χ1n) is 8.37. The van der Waals surface area contributed by atoms with Crippen LogP contribution in [0, 0.1) is 0 Å². The molecule has 0 aliphatic carbocycles. The summed E-state index contributed by atoms with van der Waals surface area (Å²) >= 11 is 0. The fourth-order valence-corrected chi connectivity index (χ4v) is 2.53. The van der Waals surface area contributed by atoms with Crippen molar-refractivity contribution in [1.29, 1.82) is 0 Å². The molecule has 0 saturated carbocycles. The molecule has 1 heterocycles. The fraction of sp³-hybridized carbons (Fsp3) is 0.529. The molecule has 0 bridgehead atoms. The Kier molecular flexibility index (Phi) is 9.91. The Balaban J connectivity index is 0.00000312. The fourth-order valence-electron chi connectivity index (χ4n) is 2.53. The van der Waals surface area contributed by atoms with Crippen LogP contribution in [0.3, 0.4) is 0 Å². The molecule has 8 heteroatoms. The van der Waals surface area contributed by atoms with Gasteiger partial charge < -0.3 is 26.0 Å². The molecule has 0 radical (unpaired) electrons. The zero-order valence-corrected chi connectivity index (χ0v) is 15.1. The highest BCUT2D eigenvalue weighted by Crippen LogP contribution is 2.11. The highest BCUT2D eigenvalue weighted by atomic mass is 35.5. The largest absolute Gasteiger partial charge is 0.493 e. The van der Waals surface area contributed by atoms with Crippen molar-refractivity contribution in [2.45, 2.75) is 12.8 Å². The van der Waals surface area contributed by atoms with E-state index in [2.05, 4.69) is 15.5 Å². The van der Waals surface area contributed by atoms with Gasteiger partial charge in [0.1, 0.15) is 5.75 Å². The predicted octanol–water partition coefficient (Wildman–Crippen LogP) is 0.388. The third-order valence-electron chi connectivity index (χ3n) is 3.92. The molecule has 1 aromatic rings. The number of piperazine rings is 1. The van der Waals surface area contributed by atoms with Gasteiger partial charge in [-0.3, -0.25) is 9.59 Å². The van der Waals surface area contributed by atoms with E-state index in [1.165, 1.54) is 0 Å². The number of carbonyl (C=O) groups is 2. The van der Waals surface area contributed by atoms with Gasteiger partial charge in [-0.25, -0.2) is 0 Å². The summed E-state index contributed by atoms with van der Waals surface area (Å²) < 4.78 is 5.48. The van der Waals surface area contributed by atoms with Gasteiger partial charge in [-0.15, -0.1) is 12.4 Å². The molecule has 1 saturated heterocycles. The molecule has 4 N–H and O–H groups in total. The van der Waals surface area contributed by atoms with E-state index < -0.39 is 5.91 Å². The van der Waals surface area contributed by atoms with Crippen molar-refractivity contribution in [3.8, 4) is 5.75 Å². The van der Waals surface area contributed by atoms with Crippen LogP contribution in [0.1, 0.15) is 23.2 Å². The lowest BCUT2D eigenvalue weighted by molar-refractivity contribution is -0.121. The molecule has 140 valence electrons. The minimum absolute atomic E-state index is 0. The number of amides is 2. The quantitative estimate of drug-likeness (QED) is 0.546. The van der Waals surface area contributed by atoms with Crippen molar-refractivity contribution in [2.24, 2.45) is 5.73 Å². The average Bonchev–Trinajstić information content (AvgIpc) is 2.60. The Hall–Kier alpha value is -1.83. The van der Waals surface area contributed by atoms with Crippen LogP contribution in [-0.4, -0.2) is 62.6 Å². The van der Waals surface area contributed by atoms with Crippen molar-refractivity contribution in [3.05, 3.63) is 29.8 Å². The molecule has 1 aliphatic rings. The third-order valence-corrected chi connectivity index (χ3v) is 3.92. The number of nitrogens with two attached hydrogens (primary N) is 1. The van der Waals surface area contributed by atoms with Crippen LogP contribution < -0.4 is 21.1 Å². The molecule has 1 aliphatic heterocycles. The molecule has 0 aromatic heterocycles. The first kappa shape index (κ1) is 21.2. The van der Waals surface area contributed by atoms with Crippen LogP contribution in [0.5, 0.6) is 5.75 Å². The van der Waals surface area contributed by atoms with Crippen LogP contribution in [0.15, 0.2) is 24.3 Å². The summed E-state index contributed by atoms with van der Waals surface area (Å²) in [4.78, 5) is 25.1. The van der Waals surface area contributed by atoms with E-state index >= 15 is 0 Å². The zero-order valence-electron chi connectivity index (χ0n) is 14.3. The maximum absolute atomic E-state index is 11.8. The smallest absolute Gasteiger partial charge is 0.248 e. The summed E-state index contributed by atoms with van der Waals surface area (Å²) in [5.74, 6) is 0.136. The highest BCUT2D eigenvalue weighted by Gasteiger charge is 2.09. The van der Waals surface area contributed by atoms with E-state index in [1.54, 1.807) is 24.3 Å². The summed E-state index contributed by atoms with van der Waals surface area (Å²) in [6, 6.07) is 6.55. The Bertz CT molecular complexity index is 533. The second kappa shape index (κ2) is 11.7. The minimum Gasteiger partial charge on any atom is -0.493 e. The molecule has 1 aromatic carbocycles. The van der Waals surface area contributed by atoms with Gasteiger partial charge in [-0.05, 0) is 37.2 Å². The topological polar surface area (TPSA) is 96.7 Å². The van der Waals surface area contributed by atoms with E-state index in [0.29, 0.717) is 30.9 Å². The third kappa shape index (κ3) is 8.20. The van der Waals surface area contributed by atoms with E-state index in [1.807, 2.05) is 0 Å². The van der Waals surface area contributed by atoms with Crippen LogP contribution in [-0.2, 0) is 4.79 Å².